The number of benzene rings is 2. The highest BCUT2D eigenvalue weighted by Gasteiger charge is 2.13. The Hall–Kier alpha value is -3.02. The Bertz CT molecular complexity index is 895. The molecule has 2 heterocycles. The Kier molecular flexibility index (Phi) is 3.57. The van der Waals surface area contributed by atoms with Gasteiger partial charge in [-0.1, -0.05) is 12.1 Å². The molecule has 1 aromatic heterocycles. The number of nitrogens with one attached hydrogen (secondary N) is 1. The van der Waals surface area contributed by atoms with E-state index in [0.29, 0.717) is 19.2 Å². The van der Waals surface area contributed by atoms with Gasteiger partial charge in [-0.05, 0) is 24.3 Å². The van der Waals surface area contributed by atoms with Crippen molar-refractivity contribution in [3.63, 3.8) is 0 Å². The molecular formula is C18H18N4O2. The van der Waals surface area contributed by atoms with Crippen LogP contribution in [0.2, 0.25) is 0 Å². The van der Waals surface area contributed by atoms with Crippen molar-refractivity contribution in [2.24, 2.45) is 0 Å². The molecule has 0 spiro atoms. The smallest absolute Gasteiger partial charge is 0.229 e. The molecular weight excluding hydrogens is 304 g/mol. The molecule has 1 N–H and O–H groups in total. The molecule has 0 saturated carbocycles. The van der Waals surface area contributed by atoms with Gasteiger partial charge in [-0.25, -0.2) is 4.98 Å². The third kappa shape index (κ3) is 2.67. The SMILES string of the molecule is CN(C)c1nc(Nc2ccc3c(c2)OCCO3)nc2ccccc12. The van der Waals surface area contributed by atoms with Crippen molar-refractivity contribution in [1.82, 2.24) is 9.97 Å². The quantitative estimate of drug-likeness (QED) is 0.799. The number of hydrogen-bond donors (Lipinski definition) is 1. The molecule has 4 rings (SSSR count). The van der Waals surface area contributed by atoms with Crippen LogP contribution in [0.5, 0.6) is 11.5 Å². The minimum atomic E-state index is 0.550. The van der Waals surface area contributed by atoms with E-state index in [1.54, 1.807) is 0 Å². The van der Waals surface area contributed by atoms with Gasteiger partial charge in [-0.15, -0.1) is 0 Å². The van der Waals surface area contributed by atoms with E-state index in [1.165, 1.54) is 0 Å². The van der Waals surface area contributed by atoms with Crippen molar-refractivity contribution in [2.75, 3.05) is 37.5 Å². The number of ether oxygens (including phenoxy) is 2. The minimum absolute atomic E-state index is 0.550. The average molecular weight is 322 g/mol. The third-order valence-electron chi connectivity index (χ3n) is 3.81. The van der Waals surface area contributed by atoms with Gasteiger partial charge in [-0.3, -0.25) is 0 Å². The maximum Gasteiger partial charge on any atom is 0.229 e. The summed E-state index contributed by atoms with van der Waals surface area (Å²) in [5, 5.41) is 4.28. The molecule has 6 heteroatoms. The van der Waals surface area contributed by atoms with Crippen LogP contribution in [0.25, 0.3) is 10.9 Å². The lowest BCUT2D eigenvalue weighted by Crippen LogP contribution is -2.15. The Morgan fingerprint density at radius 2 is 1.75 bits per heavy atom. The van der Waals surface area contributed by atoms with Crippen LogP contribution in [0.3, 0.4) is 0 Å². The zero-order chi connectivity index (χ0) is 16.5. The molecule has 1 aliphatic rings. The highest BCUT2D eigenvalue weighted by atomic mass is 16.6. The lowest BCUT2D eigenvalue weighted by atomic mass is 10.2. The van der Waals surface area contributed by atoms with Gasteiger partial charge in [-0.2, -0.15) is 4.98 Å². The number of aromatic nitrogens is 2. The van der Waals surface area contributed by atoms with Crippen molar-refractivity contribution in [3.05, 3.63) is 42.5 Å². The Balaban J connectivity index is 1.72. The van der Waals surface area contributed by atoms with Crippen LogP contribution < -0.4 is 19.7 Å². The summed E-state index contributed by atoms with van der Waals surface area (Å²) in [6, 6.07) is 13.7. The topological polar surface area (TPSA) is 59.5 Å². The van der Waals surface area contributed by atoms with E-state index < -0.39 is 0 Å². The normalized spacial score (nSPS) is 12.9. The standard InChI is InChI=1S/C18H18N4O2/c1-22(2)17-13-5-3-4-6-14(13)20-18(21-17)19-12-7-8-15-16(11-12)24-10-9-23-15/h3-8,11H,9-10H2,1-2H3,(H,19,20,21). The molecule has 0 bridgehead atoms. The molecule has 0 aliphatic carbocycles. The zero-order valence-electron chi connectivity index (χ0n) is 13.6. The lowest BCUT2D eigenvalue weighted by Gasteiger charge is -2.19. The van der Waals surface area contributed by atoms with Gasteiger partial charge < -0.3 is 19.7 Å². The molecule has 6 nitrogen and oxygen atoms in total. The van der Waals surface area contributed by atoms with Gasteiger partial charge in [0.15, 0.2) is 11.5 Å². The van der Waals surface area contributed by atoms with E-state index in [4.69, 9.17) is 9.47 Å². The molecule has 0 saturated heterocycles. The first-order valence-corrected chi connectivity index (χ1v) is 7.81. The zero-order valence-corrected chi connectivity index (χ0v) is 13.6. The second-order valence-corrected chi connectivity index (χ2v) is 5.77. The summed E-state index contributed by atoms with van der Waals surface area (Å²) in [6.07, 6.45) is 0. The first kappa shape index (κ1) is 14.6. The van der Waals surface area contributed by atoms with E-state index in [-0.39, 0.29) is 0 Å². The van der Waals surface area contributed by atoms with Gasteiger partial charge in [0.1, 0.15) is 19.0 Å². The van der Waals surface area contributed by atoms with Gasteiger partial charge in [0.25, 0.3) is 0 Å². The van der Waals surface area contributed by atoms with Gasteiger partial charge in [0, 0.05) is 31.2 Å². The van der Waals surface area contributed by atoms with Crippen molar-refractivity contribution in [3.8, 4) is 11.5 Å². The second-order valence-electron chi connectivity index (χ2n) is 5.77. The number of fused-ring (bicyclic) bond motifs is 2. The Morgan fingerprint density at radius 3 is 2.58 bits per heavy atom. The summed E-state index contributed by atoms with van der Waals surface area (Å²) < 4.78 is 11.2. The fourth-order valence-corrected chi connectivity index (χ4v) is 2.71. The van der Waals surface area contributed by atoms with Crippen molar-refractivity contribution >= 4 is 28.4 Å². The predicted molar refractivity (Wildman–Crippen MR) is 94.6 cm³/mol. The first-order chi connectivity index (χ1) is 11.7. The molecule has 0 unspecified atom stereocenters. The highest BCUT2D eigenvalue weighted by Crippen LogP contribution is 2.33. The molecule has 24 heavy (non-hydrogen) atoms. The first-order valence-electron chi connectivity index (χ1n) is 7.81. The molecule has 0 amide bonds. The third-order valence-corrected chi connectivity index (χ3v) is 3.81. The van der Waals surface area contributed by atoms with Crippen molar-refractivity contribution < 1.29 is 9.47 Å². The molecule has 2 aromatic carbocycles. The lowest BCUT2D eigenvalue weighted by molar-refractivity contribution is 0.171. The highest BCUT2D eigenvalue weighted by molar-refractivity contribution is 5.90. The van der Waals surface area contributed by atoms with E-state index in [1.807, 2.05) is 61.5 Å². The van der Waals surface area contributed by atoms with E-state index in [0.717, 1.165) is 33.9 Å². The van der Waals surface area contributed by atoms with E-state index >= 15 is 0 Å². The van der Waals surface area contributed by atoms with Gasteiger partial charge in [0.2, 0.25) is 5.95 Å². The molecule has 0 fully saturated rings. The van der Waals surface area contributed by atoms with Crippen LogP contribution in [-0.4, -0.2) is 37.3 Å². The summed E-state index contributed by atoms with van der Waals surface area (Å²) in [5.41, 5.74) is 1.76. The number of para-hydroxylation sites is 1. The Morgan fingerprint density at radius 1 is 0.958 bits per heavy atom. The largest absolute Gasteiger partial charge is 0.486 e. The van der Waals surface area contributed by atoms with Crippen molar-refractivity contribution in [1.29, 1.82) is 0 Å². The summed E-state index contributed by atoms with van der Waals surface area (Å²) >= 11 is 0. The van der Waals surface area contributed by atoms with Gasteiger partial charge in [0.05, 0.1) is 5.52 Å². The summed E-state index contributed by atoms with van der Waals surface area (Å²) in [6.45, 7) is 1.15. The van der Waals surface area contributed by atoms with Gasteiger partial charge >= 0.3 is 0 Å². The molecule has 0 radical (unpaired) electrons. The van der Waals surface area contributed by atoms with Crippen LogP contribution in [0, 0.1) is 0 Å². The number of hydrogen-bond acceptors (Lipinski definition) is 6. The fourth-order valence-electron chi connectivity index (χ4n) is 2.71. The monoisotopic (exact) mass is 322 g/mol. The molecule has 0 atom stereocenters. The number of nitrogens with zero attached hydrogens (tertiary/aromatic N) is 3. The summed E-state index contributed by atoms with van der Waals surface area (Å²) in [5.74, 6) is 2.93. The van der Waals surface area contributed by atoms with E-state index in [9.17, 15) is 0 Å². The van der Waals surface area contributed by atoms with Crippen LogP contribution in [0.1, 0.15) is 0 Å². The number of rotatable bonds is 3. The molecule has 1 aliphatic heterocycles. The maximum absolute atomic E-state index is 5.62. The summed E-state index contributed by atoms with van der Waals surface area (Å²) in [4.78, 5) is 11.2. The predicted octanol–water partition coefficient (Wildman–Crippen LogP) is 3.21. The maximum atomic E-state index is 5.62. The fraction of sp³-hybridized carbons (Fsp3) is 0.222. The average Bonchev–Trinajstić information content (AvgIpc) is 2.61. The van der Waals surface area contributed by atoms with Crippen molar-refractivity contribution in [2.45, 2.75) is 0 Å². The molecule has 122 valence electrons. The van der Waals surface area contributed by atoms with Crippen LogP contribution in [-0.2, 0) is 0 Å². The van der Waals surface area contributed by atoms with Crippen LogP contribution >= 0.6 is 0 Å². The Labute approximate surface area is 140 Å². The summed E-state index contributed by atoms with van der Waals surface area (Å²) in [7, 11) is 3.95. The van der Waals surface area contributed by atoms with E-state index in [2.05, 4.69) is 15.3 Å². The van der Waals surface area contributed by atoms with Crippen LogP contribution in [0.15, 0.2) is 42.5 Å². The number of anilines is 3. The van der Waals surface area contributed by atoms with Crippen LogP contribution in [0.4, 0.5) is 17.5 Å². The second kappa shape index (κ2) is 5.88. The molecule has 3 aromatic rings. The minimum Gasteiger partial charge on any atom is -0.486 e.